The molecule has 1 fully saturated rings. The number of amides is 1. The Hall–Kier alpha value is -1.55. The average Bonchev–Trinajstić information content (AvgIpc) is 2.48. The Labute approximate surface area is 120 Å². The van der Waals surface area contributed by atoms with E-state index < -0.39 is 0 Å². The molecule has 0 spiro atoms. The van der Waals surface area contributed by atoms with Crippen molar-refractivity contribution in [1.29, 1.82) is 0 Å². The standard InChI is InChI=1S/C16H24N2O2/c1-18(14-9-7-13(17)8-10-14)16(19)11-12-20-15-5-3-2-4-6-15/h2-6,13-14H,7-12,17H2,1H3. The first-order valence-electron chi connectivity index (χ1n) is 7.36. The largest absolute Gasteiger partial charge is 0.493 e. The Kier molecular flexibility index (Phi) is 5.41. The zero-order chi connectivity index (χ0) is 14.4. The lowest BCUT2D eigenvalue weighted by atomic mass is 9.91. The summed E-state index contributed by atoms with van der Waals surface area (Å²) in [4.78, 5) is 14.0. The van der Waals surface area contributed by atoms with Gasteiger partial charge in [-0.1, -0.05) is 18.2 Å². The number of nitrogens with two attached hydrogens (primary N) is 1. The lowest BCUT2D eigenvalue weighted by Gasteiger charge is -2.33. The highest BCUT2D eigenvalue weighted by atomic mass is 16.5. The second-order valence-corrected chi connectivity index (χ2v) is 5.48. The summed E-state index contributed by atoms with van der Waals surface area (Å²) < 4.78 is 5.56. The molecular weight excluding hydrogens is 252 g/mol. The topological polar surface area (TPSA) is 55.6 Å². The molecule has 0 atom stereocenters. The number of carbonyl (C=O) groups excluding carboxylic acids is 1. The molecule has 1 aliphatic rings. The van der Waals surface area contributed by atoms with Crippen molar-refractivity contribution in [3.63, 3.8) is 0 Å². The molecule has 1 amide bonds. The molecule has 1 saturated carbocycles. The van der Waals surface area contributed by atoms with E-state index in [4.69, 9.17) is 10.5 Å². The molecule has 4 nitrogen and oxygen atoms in total. The number of para-hydroxylation sites is 1. The van der Waals surface area contributed by atoms with E-state index >= 15 is 0 Å². The molecular formula is C16H24N2O2. The molecule has 1 aliphatic carbocycles. The Morgan fingerprint density at radius 2 is 1.90 bits per heavy atom. The van der Waals surface area contributed by atoms with Crippen LogP contribution < -0.4 is 10.5 Å². The van der Waals surface area contributed by atoms with Crippen LogP contribution in [0.5, 0.6) is 5.75 Å². The lowest BCUT2D eigenvalue weighted by Crippen LogP contribution is -2.42. The fourth-order valence-electron chi connectivity index (χ4n) is 2.64. The number of ether oxygens (including phenoxy) is 1. The monoisotopic (exact) mass is 276 g/mol. The fraction of sp³-hybridized carbons (Fsp3) is 0.562. The van der Waals surface area contributed by atoms with E-state index in [0.717, 1.165) is 31.4 Å². The van der Waals surface area contributed by atoms with Crippen molar-refractivity contribution in [3.05, 3.63) is 30.3 Å². The number of nitrogens with zero attached hydrogens (tertiary/aromatic N) is 1. The minimum Gasteiger partial charge on any atom is -0.493 e. The SMILES string of the molecule is CN(C(=O)CCOc1ccccc1)C1CCC(N)CC1. The van der Waals surface area contributed by atoms with Crippen LogP contribution in [-0.4, -0.2) is 36.5 Å². The van der Waals surface area contributed by atoms with E-state index in [1.807, 2.05) is 42.3 Å². The van der Waals surface area contributed by atoms with Crippen molar-refractivity contribution >= 4 is 5.91 Å². The van der Waals surface area contributed by atoms with Gasteiger partial charge in [-0.15, -0.1) is 0 Å². The van der Waals surface area contributed by atoms with E-state index in [2.05, 4.69) is 0 Å². The molecule has 1 aromatic carbocycles. The van der Waals surface area contributed by atoms with Crippen molar-refractivity contribution < 1.29 is 9.53 Å². The molecule has 20 heavy (non-hydrogen) atoms. The van der Waals surface area contributed by atoms with Gasteiger partial charge in [0.05, 0.1) is 13.0 Å². The van der Waals surface area contributed by atoms with Crippen molar-refractivity contribution in [2.75, 3.05) is 13.7 Å². The predicted molar refractivity (Wildman–Crippen MR) is 79.6 cm³/mol. The average molecular weight is 276 g/mol. The molecule has 0 aromatic heterocycles. The van der Waals surface area contributed by atoms with Gasteiger partial charge in [0, 0.05) is 19.1 Å². The number of hydrogen-bond donors (Lipinski definition) is 1. The summed E-state index contributed by atoms with van der Waals surface area (Å²) in [6, 6.07) is 10.3. The minimum absolute atomic E-state index is 0.154. The quantitative estimate of drug-likeness (QED) is 0.897. The lowest BCUT2D eigenvalue weighted by molar-refractivity contribution is -0.133. The summed E-state index contributed by atoms with van der Waals surface area (Å²) in [5.74, 6) is 0.966. The Bertz CT molecular complexity index is 414. The Morgan fingerprint density at radius 1 is 1.25 bits per heavy atom. The van der Waals surface area contributed by atoms with Crippen LogP contribution in [-0.2, 0) is 4.79 Å². The van der Waals surface area contributed by atoms with Crippen LogP contribution in [0.15, 0.2) is 30.3 Å². The third-order valence-electron chi connectivity index (χ3n) is 4.01. The van der Waals surface area contributed by atoms with Gasteiger partial charge in [-0.2, -0.15) is 0 Å². The highest BCUT2D eigenvalue weighted by Gasteiger charge is 2.24. The molecule has 0 saturated heterocycles. The smallest absolute Gasteiger partial charge is 0.225 e. The van der Waals surface area contributed by atoms with Gasteiger partial charge in [-0.05, 0) is 37.8 Å². The van der Waals surface area contributed by atoms with Gasteiger partial charge in [-0.25, -0.2) is 0 Å². The van der Waals surface area contributed by atoms with E-state index in [0.29, 0.717) is 25.1 Å². The van der Waals surface area contributed by atoms with Crippen LogP contribution in [0, 0.1) is 0 Å². The van der Waals surface area contributed by atoms with Crippen molar-refractivity contribution in [1.82, 2.24) is 4.90 Å². The zero-order valence-corrected chi connectivity index (χ0v) is 12.1. The number of hydrogen-bond acceptors (Lipinski definition) is 3. The van der Waals surface area contributed by atoms with Crippen LogP contribution >= 0.6 is 0 Å². The Morgan fingerprint density at radius 3 is 2.55 bits per heavy atom. The number of benzene rings is 1. The van der Waals surface area contributed by atoms with E-state index in [1.165, 1.54) is 0 Å². The molecule has 0 aliphatic heterocycles. The summed E-state index contributed by atoms with van der Waals surface area (Å²) in [5, 5.41) is 0. The molecule has 4 heteroatoms. The zero-order valence-electron chi connectivity index (χ0n) is 12.1. The van der Waals surface area contributed by atoms with Gasteiger partial charge in [0.1, 0.15) is 5.75 Å². The summed E-state index contributed by atoms with van der Waals surface area (Å²) in [7, 11) is 1.90. The third-order valence-corrected chi connectivity index (χ3v) is 4.01. The molecule has 0 heterocycles. The molecule has 0 unspecified atom stereocenters. The molecule has 0 bridgehead atoms. The highest BCUT2D eigenvalue weighted by molar-refractivity contribution is 5.76. The van der Waals surface area contributed by atoms with Crippen molar-refractivity contribution in [2.24, 2.45) is 5.73 Å². The third kappa shape index (κ3) is 4.23. The molecule has 2 rings (SSSR count). The maximum absolute atomic E-state index is 12.1. The van der Waals surface area contributed by atoms with Crippen molar-refractivity contribution in [2.45, 2.75) is 44.2 Å². The van der Waals surface area contributed by atoms with Crippen LogP contribution in [0.25, 0.3) is 0 Å². The van der Waals surface area contributed by atoms with Gasteiger partial charge in [0.2, 0.25) is 5.91 Å². The van der Waals surface area contributed by atoms with Gasteiger partial charge >= 0.3 is 0 Å². The van der Waals surface area contributed by atoms with Gasteiger partial charge < -0.3 is 15.4 Å². The summed E-state index contributed by atoms with van der Waals surface area (Å²) in [5.41, 5.74) is 5.89. The van der Waals surface area contributed by atoms with Gasteiger partial charge in [-0.3, -0.25) is 4.79 Å². The maximum Gasteiger partial charge on any atom is 0.225 e. The minimum atomic E-state index is 0.154. The molecule has 0 radical (unpaired) electrons. The van der Waals surface area contributed by atoms with E-state index in [9.17, 15) is 4.79 Å². The first-order valence-corrected chi connectivity index (χ1v) is 7.36. The Balaban J connectivity index is 1.71. The fourth-order valence-corrected chi connectivity index (χ4v) is 2.64. The number of rotatable bonds is 5. The van der Waals surface area contributed by atoms with Crippen LogP contribution in [0.3, 0.4) is 0 Å². The highest BCUT2D eigenvalue weighted by Crippen LogP contribution is 2.21. The van der Waals surface area contributed by atoms with E-state index in [-0.39, 0.29) is 5.91 Å². The predicted octanol–water partition coefficient (Wildman–Crippen LogP) is 2.18. The number of carbonyl (C=O) groups is 1. The first kappa shape index (κ1) is 14.9. The summed E-state index contributed by atoms with van der Waals surface area (Å²) in [6.07, 6.45) is 4.49. The van der Waals surface area contributed by atoms with Crippen LogP contribution in [0.1, 0.15) is 32.1 Å². The maximum atomic E-state index is 12.1. The van der Waals surface area contributed by atoms with Crippen LogP contribution in [0.2, 0.25) is 0 Å². The molecule has 1 aromatic rings. The van der Waals surface area contributed by atoms with E-state index in [1.54, 1.807) is 0 Å². The van der Waals surface area contributed by atoms with Crippen LogP contribution in [0.4, 0.5) is 0 Å². The normalized spacial score (nSPS) is 22.3. The van der Waals surface area contributed by atoms with Crippen molar-refractivity contribution in [3.8, 4) is 5.75 Å². The summed E-state index contributed by atoms with van der Waals surface area (Å²) >= 11 is 0. The first-order chi connectivity index (χ1) is 9.66. The summed E-state index contributed by atoms with van der Waals surface area (Å²) in [6.45, 7) is 0.430. The second-order valence-electron chi connectivity index (χ2n) is 5.48. The van der Waals surface area contributed by atoms with Gasteiger partial charge in [0.25, 0.3) is 0 Å². The molecule has 2 N–H and O–H groups in total. The molecule has 110 valence electrons. The second kappa shape index (κ2) is 7.29. The van der Waals surface area contributed by atoms with Gasteiger partial charge in [0.15, 0.2) is 0 Å².